The number of oxazole rings is 1. The second-order valence-corrected chi connectivity index (χ2v) is 4.72. The minimum atomic E-state index is 0.603. The van der Waals surface area contributed by atoms with Gasteiger partial charge in [0.2, 0.25) is 5.89 Å². The summed E-state index contributed by atoms with van der Waals surface area (Å²) in [6.45, 7) is 1.95. The average Bonchev–Trinajstić information content (AvgIpc) is 2.83. The number of nitrogens with zero attached hydrogens (tertiary/aromatic N) is 2. The Morgan fingerprint density at radius 1 is 1.38 bits per heavy atom. The van der Waals surface area contributed by atoms with E-state index in [0.717, 1.165) is 21.0 Å². The lowest BCUT2D eigenvalue weighted by Crippen LogP contribution is -1.82. The number of hydrogen-bond donors (Lipinski definition) is 1. The molecular formula is C11H9N3OS. The summed E-state index contributed by atoms with van der Waals surface area (Å²) in [5.41, 5.74) is 7.90. The number of benzene rings is 1. The van der Waals surface area contributed by atoms with E-state index >= 15 is 0 Å². The van der Waals surface area contributed by atoms with Gasteiger partial charge < -0.3 is 10.2 Å². The van der Waals surface area contributed by atoms with Crippen molar-refractivity contribution in [1.82, 2.24) is 9.97 Å². The van der Waals surface area contributed by atoms with Crippen LogP contribution < -0.4 is 5.73 Å². The minimum Gasteiger partial charge on any atom is -0.435 e. The van der Waals surface area contributed by atoms with E-state index in [1.54, 1.807) is 29.7 Å². The van der Waals surface area contributed by atoms with Crippen LogP contribution >= 0.6 is 11.3 Å². The summed E-state index contributed by atoms with van der Waals surface area (Å²) in [6, 6.07) is 5.43. The van der Waals surface area contributed by atoms with E-state index in [1.807, 2.05) is 13.0 Å². The largest absolute Gasteiger partial charge is 0.435 e. The van der Waals surface area contributed by atoms with Gasteiger partial charge in [-0.25, -0.2) is 9.97 Å². The number of rotatable bonds is 1. The van der Waals surface area contributed by atoms with Crippen LogP contribution in [0.25, 0.3) is 21.9 Å². The lowest BCUT2D eigenvalue weighted by Gasteiger charge is -1.88. The van der Waals surface area contributed by atoms with Crippen LogP contribution in [-0.4, -0.2) is 9.97 Å². The summed E-state index contributed by atoms with van der Waals surface area (Å²) in [5, 5.41) is 0.997. The Hall–Kier alpha value is -1.88. The summed E-state index contributed by atoms with van der Waals surface area (Å²) in [5.74, 6) is 0.603. The number of nitrogen functional groups attached to an aromatic ring is 1. The smallest absolute Gasteiger partial charge is 0.239 e. The van der Waals surface area contributed by atoms with Crippen molar-refractivity contribution < 1.29 is 4.42 Å². The van der Waals surface area contributed by atoms with Gasteiger partial charge in [0.15, 0.2) is 5.58 Å². The molecule has 4 nitrogen and oxygen atoms in total. The fourth-order valence-electron chi connectivity index (χ4n) is 1.51. The Balaban J connectivity index is 2.18. The lowest BCUT2D eigenvalue weighted by atomic mass is 10.3. The van der Waals surface area contributed by atoms with Gasteiger partial charge in [0, 0.05) is 5.69 Å². The van der Waals surface area contributed by atoms with E-state index in [2.05, 4.69) is 9.97 Å². The molecule has 0 radical (unpaired) electrons. The molecule has 3 rings (SSSR count). The zero-order valence-electron chi connectivity index (χ0n) is 8.60. The monoisotopic (exact) mass is 231 g/mol. The van der Waals surface area contributed by atoms with Crippen LogP contribution in [0.1, 0.15) is 5.01 Å². The molecule has 0 aliphatic heterocycles. The molecule has 5 heteroatoms. The third-order valence-electron chi connectivity index (χ3n) is 2.24. The lowest BCUT2D eigenvalue weighted by molar-refractivity contribution is 0.621. The van der Waals surface area contributed by atoms with Gasteiger partial charge in [-0.05, 0) is 25.1 Å². The Kier molecular flexibility index (Phi) is 1.94. The minimum absolute atomic E-state index is 0.603. The maximum atomic E-state index is 5.68. The van der Waals surface area contributed by atoms with Gasteiger partial charge in [0.1, 0.15) is 10.4 Å². The van der Waals surface area contributed by atoms with Crippen LogP contribution in [0.3, 0.4) is 0 Å². The highest BCUT2D eigenvalue weighted by Gasteiger charge is 2.10. The molecule has 2 N–H and O–H groups in total. The normalized spacial score (nSPS) is 11.1. The summed E-state index contributed by atoms with van der Waals surface area (Å²) in [6.07, 6.45) is 1.77. The first kappa shape index (κ1) is 9.35. The van der Waals surface area contributed by atoms with Crippen molar-refractivity contribution in [3.63, 3.8) is 0 Å². The maximum absolute atomic E-state index is 5.68. The molecule has 0 aliphatic carbocycles. The van der Waals surface area contributed by atoms with Gasteiger partial charge in [-0.2, -0.15) is 0 Å². The summed E-state index contributed by atoms with van der Waals surface area (Å²) in [4.78, 5) is 9.49. The van der Waals surface area contributed by atoms with Gasteiger partial charge in [-0.15, -0.1) is 11.3 Å². The van der Waals surface area contributed by atoms with Crippen LogP contribution in [-0.2, 0) is 0 Å². The summed E-state index contributed by atoms with van der Waals surface area (Å²) in [7, 11) is 0. The molecule has 0 spiro atoms. The molecule has 0 aliphatic rings. The first-order chi connectivity index (χ1) is 7.72. The maximum Gasteiger partial charge on any atom is 0.239 e. The Morgan fingerprint density at radius 2 is 2.25 bits per heavy atom. The highest BCUT2D eigenvalue weighted by molar-refractivity contribution is 7.14. The van der Waals surface area contributed by atoms with Gasteiger partial charge >= 0.3 is 0 Å². The van der Waals surface area contributed by atoms with Crippen molar-refractivity contribution in [2.45, 2.75) is 6.92 Å². The first-order valence-corrected chi connectivity index (χ1v) is 5.63. The molecule has 0 atom stereocenters. The molecule has 2 heterocycles. The molecule has 80 valence electrons. The SMILES string of the molecule is Cc1ncc(-c2nc3cc(N)ccc3o2)s1. The first-order valence-electron chi connectivity index (χ1n) is 4.81. The molecule has 0 unspecified atom stereocenters. The number of aryl methyl sites for hydroxylation is 1. The molecule has 0 amide bonds. The van der Waals surface area contributed by atoms with Gasteiger partial charge in [0.05, 0.1) is 11.2 Å². The fraction of sp³-hybridized carbons (Fsp3) is 0.0909. The van der Waals surface area contributed by atoms with Crippen LogP contribution in [0.2, 0.25) is 0 Å². The predicted octanol–water partition coefficient (Wildman–Crippen LogP) is 2.84. The Labute approximate surface area is 95.7 Å². The number of hydrogen-bond acceptors (Lipinski definition) is 5. The van der Waals surface area contributed by atoms with E-state index in [0.29, 0.717) is 11.6 Å². The highest BCUT2D eigenvalue weighted by Crippen LogP contribution is 2.28. The van der Waals surface area contributed by atoms with Crippen LogP contribution in [0, 0.1) is 6.92 Å². The molecule has 2 aromatic heterocycles. The number of anilines is 1. The van der Waals surface area contributed by atoms with Crippen LogP contribution in [0.5, 0.6) is 0 Å². The molecule has 16 heavy (non-hydrogen) atoms. The molecule has 0 fully saturated rings. The third-order valence-corrected chi connectivity index (χ3v) is 3.14. The molecule has 0 bridgehead atoms. The molecule has 0 saturated heterocycles. The highest BCUT2D eigenvalue weighted by atomic mass is 32.1. The number of thiazole rings is 1. The second-order valence-electron chi connectivity index (χ2n) is 3.49. The van der Waals surface area contributed by atoms with E-state index in [1.165, 1.54) is 0 Å². The Bertz CT molecular complexity index is 656. The van der Waals surface area contributed by atoms with E-state index < -0.39 is 0 Å². The van der Waals surface area contributed by atoms with Crippen molar-refractivity contribution >= 4 is 28.1 Å². The summed E-state index contributed by atoms with van der Waals surface area (Å²) < 4.78 is 5.63. The van der Waals surface area contributed by atoms with Crippen molar-refractivity contribution in [3.05, 3.63) is 29.4 Å². The van der Waals surface area contributed by atoms with Crippen LogP contribution in [0.15, 0.2) is 28.8 Å². The average molecular weight is 231 g/mol. The van der Waals surface area contributed by atoms with E-state index in [-0.39, 0.29) is 0 Å². The van der Waals surface area contributed by atoms with Crippen molar-refractivity contribution in [1.29, 1.82) is 0 Å². The standard InChI is InChI=1S/C11H9N3OS/c1-6-13-5-10(16-6)11-14-8-4-7(12)2-3-9(8)15-11/h2-5H,12H2,1H3. The summed E-state index contributed by atoms with van der Waals surface area (Å²) >= 11 is 1.56. The van der Waals surface area contributed by atoms with Crippen molar-refractivity contribution in [3.8, 4) is 10.8 Å². The fourth-order valence-corrected chi connectivity index (χ4v) is 2.21. The van der Waals surface area contributed by atoms with Gasteiger partial charge in [0.25, 0.3) is 0 Å². The van der Waals surface area contributed by atoms with E-state index in [4.69, 9.17) is 10.2 Å². The van der Waals surface area contributed by atoms with Crippen molar-refractivity contribution in [2.24, 2.45) is 0 Å². The number of nitrogens with two attached hydrogens (primary N) is 1. The Morgan fingerprint density at radius 3 is 3.00 bits per heavy atom. The molecule has 1 aromatic carbocycles. The zero-order valence-corrected chi connectivity index (χ0v) is 9.41. The molecule has 0 saturated carbocycles. The van der Waals surface area contributed by atoms with E-state index in [9.17, 15) is 0 Å². The zero-order chi connectivity index (χ0) is 11.1. The predicted molar refractivity (Wildman–Crippen MR) is 64.3 cm³/mol. The van der Waals surface area contributed by atoms with Gasteiger partial charge in [-0.1, -0.05) is 0 Å². The second kappa shape index (κ2) is 3.31. The molecule has 3 aromatic rings. The number of fused-ring (bicyclic) bond motifs is 1. The number of aromatic nitrogens is 2. The van der Waals surface area contributed by atoms with Crippen molar-refractivity contribution in [2.75, 3.05) is 5.73 Å². The van der Waals surface area contributed by atoms with Gasteiger partial charge in [-0.3, -0.25) is 0 Å². The topological polar surface area (TPSA) is 64.9 Å². The molecular weight excluding hydrogens is 222 g/mol. The van der Waals surface area contributed by atoms with Crippen LogP contribution in [0.4, 0.5) is 5.69 Å². The third kappa shape index (κ3) is 1.45. The quantitative estimate of drug-likeness (QED) is 0.654.